The first kappa shape index (κ1) is 13.7. The number of aliphatic hydroxyl groups excluding tert-OH is 1. The molecule has 1 aliphatic carbocycles. The van der Waals surface area contributed by atoms with E-state index in [0.29, 0.717) is 6.42 Å². The van der Waals surface area contributed by atoms with Crippen LogP contribution in [0.4, 0.5) is 0 Å². The van der Waals surface area contributed by atoms with Crippen LogP contribution < -0.4 is 0 Å². The monoisotopic (exact) mass is 334 g/mol. The molecule has 17 heavy (non-hydrogen) atoms. The van der Waals surface area contributed by atoms with Crippen molar-refractivity contribution < 1.29 is 5.11 Å². The molecule has 1 aliphatic rings. The second kappa shape index (κ2) is 5.52. The number of halogens is 2. The molecule has 1 nitrogen and oxygen atoms in total. The Labute approximate surface area is 120 Å². The number of rotatable bonds is 4. The van der Waals surface area contributed by atoms with Crippen LogP contribution in [0.5, 0.6) is 0 Å². The van der Waals surface area contributed by atoms with E-state index in [9.17, 15) is 5.11 Å². The molecule has 0 aliphatic heterocycles. The van der Waals surface area contributed by atoms with E-state index >= 15 is 0 Å². The quantitative estimate of drug-likeness (QED) is 0.885. The van der Waals surface area contributed by atoms with Crippen molar-refractivity contribution in [2.24, 2.45) is 0 Å². The van der Waals surface area contributed by atoms with Crippen LogP contribution in [0.3, 0.4) is 0 Å². The van der Waals surface area contributed by atoms with E-state index in [-0.39, 0.29) is 10.9 Å². The molecule has 1 saturated carbocycles. The highest BCUT2D eigenvalue weighted by Crippen LogP contribution is 2.46. The standard InChI is InChI=1S/C13H16BrClOS/c1-17-13(5-2-6-13)12(16)7-9-3-4-10(14)8-11(9)15/h3-4,8,12,16H,2,5-7H2,1H3. The van der Waals surface area contributed by atoms with Gasteiger partial charge in [-0.25, -0.2) is 0 Å². The fourth-order valence-corrected chi connectivity index (χ4v) is 4.08. The van der Waals surface area contributed by atoms with Gasteiger partial charge in [0, 0.05) is 20.7 Å². The molecule has 1 unspecified atom stereocenters. The van der Waals surface area contributed by atoms with Gasteiger partial charge in [-0.3, -0.25) is 0 Å². The van der Waals surface area contributed by atoms with Gasteiger partial charge in [0.15, 0.2) is 0 Å². The topological polar surface area (TPSA) is 20.2 Å². The van der Waals surface area contributed by atoms with Crippen molar-refractivity contribution in [3.8, 4) is 0 Å². The van der Waals surface area contributed by atoms with E-state index < -0.39 is 0 Å². The highest BCUT2D eigenvalue weighted by Gasteiger charge is 2.42. The Morgan fingerprint density at radius 3 is 2.71 bits per heavy atom. The summed E-state index contributed by atoms with van der Waals surface area (Å²) < 4.78 is 1.04. The first-order valence-corrected chi connectivity index (χ1v) is 8.14. The van der Waals surface area contributed by atoms with Crippen LogP contribution in [0, 0.1) is 0 Å². The Balaban J connectivity index is 2.10. The summed E-state index contributed by atoms with van der Waals surface area (Å²) in [7, 11) is 0. The van der Waals surface area contributed by atoms with Crippen LogP contribution in [-0.2, 0) is 6.42 Å². The summed E-state index contributed by atoms with van der Waals surface area (Å²) in [4.78, 5) is 0. The first-order chi connectivity index (χ1) is 8.07. The third-order valence-electron chi connectivity index (χ3n) is 3.64. The molecule has 0 saturated heterocycles. The fraction of sp³-hybridized carbons (Fsp3) is 0.538. The van der Waals surface area contributed by atoms with Crippen LogP contribution in [0.2, 0.25) is 5.02 Å². The maximum atomic E-state index is 10.4. The summed E-state index contributed by atoms with van der Waals surface area (Å²) in [5.41, 5.74) is 1.03. The third kappa shape index (κ3) is 2.83. The average Bonchev–Trinajstić information content (AvgIpc) is 2.21. The van der Waals surface area contributed by atoms with Crippen LogP contribution >= 0.6 is 39.3 Å². The molecule has 1 aromatic rings. The summed E-state index contributed by atoms with van der Waals surface area (Å²) in [5, 5.41) is 11.1. The van der Waals surface area contributed by atoms with Crippen molar-refractivity contribution in [2.45, 2.75) is 36.5 Å². The van der Waals surface area contributed by atoms with Crippen LogP contribution in [0.25, 0.3) is 0 Å². The predicted octanol–water partition coefficient (Wildman–Crippen LogP) is 4.29. The molecule has 0 heterocycles. The molecule has 4 heteroatoms. The maximum Gasteiger partial charge on any atom is 0.0727 e. The lowest BCUT2D eigenvalue weighted by Gasteiger charge is -2.44. The van der Waals surface area contributed by atoms with E-state index in [4.69, 9.17) is 11.6 Å². The zero-order valence-corrected chi connectivity index (χ0v) is 12.9. The predicted molar refractivity (Wildman–Crippen MR) is 79.0 cm³/mol. The van der Waals surface area contributed by atoms with Gasteiger partial charge in [-0.15, -0.1) is 0 Å². The normalized spacial score (nSPS) is 19.8. The van der Waals surface area contributed by atoms with Crippen molar-refractivity contribution in [3.05, 3.63) is 33.3 Å². The van der Waals surface area contributed by atoms with Gasteiger partial charge in [-0.1, -0.05) is 40.0 Å². The molecule has 94 valence electrons. The van der Waals surface area contributed by atoms with E-state index in [1.807, 2.05) is 18.2 Å². The zero-order chi connectivity index (χ0) is 12.5. The molecule has 0 amide bonds. The van der Waals surface area contributed by atoms with Gasteiger partial charge >= 0.3 is 0 Å². The largest absolute Gasteiger partial charge is 0.391 e. The zero-order valence-electron chi connectivity index (χ0n) is 9.75. The Bertz CT molecular complexity index is 401. The van der Waals surface area contributed by atoms with Crippen molar-refractivity contribution in [2.75, 3.05) is 6.26 Å². The number of aliphatic hydroxyl groups is 1. The van der Waals surface area contributed by atoms with Gasteiger partial charge in [0.2, 0.25) is 0 Å². The van der Waals surface area contributed by atoms with Crippen molar-refractivity contribution >= 4 is 39.3 Å². The minimum Gasteiger partial charge on any atom is -0.391 e. The minimum atomic E-state index is -0.301. The van der Waals surface area contributed by atoms with E-state index in [1.54, 1.807) is 11.8 Å². The van der Waals surface area contributed by atoms with Gasteiger partial charge < -0.3 is 5.11 Å². The Hall–Kier alpha value is 0.300. The maximum absolute atomic E-state index is 10.4. The first-order valence-electron chi connectivity index (χ1n) is 5.74. The summed E-state index contributed by atoms with van der Waals surface area (Å²) >= 11 is 11.4. The lowest BCUT2D eigenvalue weighted by Crippen LogP contribution is -2.46. The van der Waals surface area contributed by atoms with Gasteiger partial charge in [0.25, 0.3) is 0 Å². The molecular formula is C13H16BrClOS. The molecule has 1 atom stereocenters. The molecule has 0 radical (unpaired) electrons. The highest BCUT2D eigenvalue weighted by atomic mass is 79.9. The lowest BCUT2D eigenvalue weighted by molar-refractivity contribution is 0.0878. The highest BCUT2D eigenvalue weighted by molar-refractivity contribution is 9.10. The SMILES string of the molecule is CSC1(C(O)Cc2ccc(Br)cc2Cl)CCC1. The van der Waals surface area contributed by atoms with Gasteiger partial charge in [0.1, 0.15) is 0 Å². The summed E-state index contributed by atoms with van der Waals surface area (Å²) in [5.74, 6) is 0. The fourth-order valence-electron chi connectivity index (χ4n) is 2.28. The lowest BCUT2D eigenvalue weighted by atomic mass is 9.78. The Morgan fingerprint density at radius 2 is 2.24 bits per heavy atom. The smallest absolute Gasteiger partial charge is 0.0727 e. The molecule has 1 aromatic carbocycles. The average molecular weight is 336 g/mol. The molecule has 0 spiro atoms. The molecule has 0 bridgehead atoms. The number of benzene rings is 1. The van der Waals surface area contributed by atoms with Crippen LogP contribution in [0.15, 0.2) is 22.7 Å². The van der Waals surface area contributed by atoms with Crippen LogP contribution in [-0.4, -0.2) is 22.2 Å². The summed E-state index contributed by atoms with van der Waals surface area (Å²) in [6.07, 6.45) is 5.89. The minimum absolute atomic E-state index is 0.0659. The van der Waals surface area contributed by atoms with Gasteiger partial charge in [-0.2, -0.15) is 11.8 Å². The Kier molecular flexibility index (Phi) is 4.45. The van der Waals surface area contributed by atoms with Gasteiger partial charge in [0.05, 0.1) is 6.10 Å². The summed E-state index contributed by atoms with van der Waals surface area (Å²) in [6, 6.07) is 5.85. The third-order valence-corrected chi connectivity index (χ3v) is 5.98. The second-order valence-electron chi connectivity index (χ2n) is 4.58. The Morgan fingerprint density at radius 1 is 1.53 bits per heavy atom. The van der Waals surface area contributed by atoms with Crippen molar-refractivity contribution in [1.29, 1.82) is 0 Å². The molecule has 2 rings (SSSR count). The van der Waals surface area contributed by atoms with E-state index in [1.165, 1.54) is 6.42 Å². The van der Waals surface area contributed by atoms with Crippen molar-refractivity contribution in [1.82, 2.24) is 0 Å². The number of hydrogen-bond acceptors (Lipinski definition) is 2. The second-order valence-corrected chi connectivity index (χ2v) is 7.12. The summed E-state index contributed by atoms with van der Waals surface area (Å²) in [6.45, 7) is 0. The van der Waals surface area contributed by atoms with E-state index in [0.717, 1.165) is 27.9 Å². The molecule has 0 aromatic heterocycles. The number of hydrogen-bond donors (Lipinski definition) is 1. The van der Waals surface area contributed by atoms with Gasteiger partial charge in [-0.05, 0) is 36.8 Å². The molecular weight excluding hydrogens is 320 g/mol. The van der Waals surface area contributed by atoms with Crippen molar-refractivity contribution in [3.63, 3.8) is 0 Å². The van der Waals surface area contributed by atoms with E-state index in [2.05, 4.69) is 22.2 Å². The molecule has 1 N–H and O–H groups in total. The molecule has 1 fully saturated rings. The van der Waals surface area contributed by atoms with Crippen LogP contribution in [0.1, 0.15) is 24.8 Å². The number of thioether (sulfide) groups is 1.